The Morgan fingerprint density at radius 2 is 2.00 bits per heavy atom. The van der Waals surface area contributed by atoms with Gasteiger partial charge in [0.25, 0.3) is 0 Å². The molecule has 0 amide bonds. The average molecular weight is 299 g/mol. The van der Waals surface area contributed by atoms with Crippen LogP contribution in [0.15, 0.2) is 22.8 Å². The molecule has 0 saturated carbocycles. The Morgan fingerprint density at radius 3 is 2.53 bits per heavy atom. The van der Waals surface area contributed by atoms with Gasteiger partial charge in [-0.3, -0.25) is 4.98 Å². The van der Waals surface area contributed by atoms with Crippen LogP contribution in [-0.2, 0) is 0 Å². The predicted molar refractivity (Wildman–Crippen MR) is 77.0 cm³/mol. The van der Waals surface area contributed by atoms with Gasteiger partial charge in [-0.2, -0.15) is 0 Å². The first kappa shape index (κ1) is 14.7. The summed E-state index contributed by atoms with van der Waals surface area (Å²) < 4.78 is 1.11. The van der Waals surface area contributed by atoms with Crippen molar-refractivity contribution in [2.24, 2.45) is 5.92 Å². The molecule has 1 aromatic rings. The fraction of sp³-hybridized carbons (Fsp3) is 0.643. The van der Waals surface area contributed by atoms with Crippen LogP contribution in [0.1, 0.15) is 51.8 Å². The molecule has 1 N–H and O–H groups in total. The zero-order valence-electron chi connectivity index (χ0n) is 11.0. The molecule has 2 nitrogen and oxygen atoms in total. The highest BCUT2D eigenvalue weighted by Crippen LogP contribution is 2.30. The number of hydrogen-bond acceptors (Lipinski definition) is 2. The van der Waals surface area contributed by atoms with Gasteiger partial charge in [0, 0.05) is 10.7 Å². The quantitative estimate of drug-likeness (QED) is 0.811. The molecule has 0 aliphatic carbocycles. The minimum Gasteiger partial charge on any atom is -0.308 e. The molecule has 0 saturated heterocycles. The summed E-state index contributed by atoms with van der Waals surface area (Å²) >= 11 is 3.61. The molecule has 0 radical (unpaired) electrons. The van der Waals surface area contributed by atoms with Gasteiger partial charge in [0.05, 0.1) is 11.7 Å². The molecule has 0 aliphatic rings. The molecule has 1 atom stereocenters. The third-order valence-electron chi connectivity index (χ3n) is 3.22. The number of nitrogens with one attached hydrogen (secondary N) is 1. The lowest BCUT2D eigenvalue weighted by atomic mass is 9.91. The maximum absolute atomic E-state index is 4.54. The fourth-order valence-corrected chi connectivity index (χ4v) is 2.67. The third-order valence-corrected chi connectivity index (χ3v) is 3.89. The summed E-state index contributed by atoms with van der Waals surface area (Å²) in [6.07, 6.45) is 5.39. The van der Waals surface area contributed by atoms with Crippen LogP contribution in [0.3, 0.4) is 0 Å². The second-order valence-corrected chi connectivity index (χ2v) is 5.23. The topological polar surface area (TPSA) is 24.9 Å². The number of halogens is 1. The lowest BCUT2D eigenvalue weighted by Crippen LogP contribution is -2.29. The maximum Gasteiger partial charge on any atom is 0.0717 e. The van der Waals surface area contributed by atoms with Crippen LogP contribution in [-0.4, -0.2) is 11.5 Å². The molecule has 0 fully saturated rings. The normalized spacial score (nSPS) is 13.0. The van der Waals surface area contributed by atoms with Crippen molar-refractivity contribution in [1.29, 1.82) is 0 Å². The van der Waals surface area contributed by atoms with Crippen molar-refractivity contribution >= 4 is 15.9 Å². The molecule has 3 heteroatoms. The summed E-state index contributed by atoms with van der Waals surface area (Å²) in [7, 11) is 0. The molecular weight excluding hydrogens is 276 g/mol. The van der Waals surface area contributed by atoms with E-state index in [4.69, 9.17) is 0 Å². The van der Waals surface area contributed by atoms with Crippen LogP contribution in [0, 0.1) is 5.92 Å². The Labute approximate surface area is 113 Å². The lowest BCUT2D eigenvalue weighted by molar-refractivity contribution is 0.334. The van der Waals surface area contributed by atoms with Crippen molar-refractivity contribution in [3.63, 3.8) is 0 Å². The smallest absolute Gasteiger partial charge is 0.0717 e. The zero-order valence-corrected chi connectivity index (χ0v) is 12.6. The van der Waals surface area contributed by atoms with Crippen molar-refractivity contribution in [3.8, 4) is 0 Å². The van der Waals surface area contributed by atoms with E-state index in [0.29, 0.717) is 12.0 Å². The van der Waals surface area contributed by atoms with Crippen molar-refractivity contribution in [2.75, 3.05) is 6.54 Å². The molecular formula is C14H23BrN2. The van der Waals surface area contributed by atoms with E-state index in [0.717, 1.165) is 23.1 Å². The highest BCUT2D eigenvalue weighted by atomic mass is 79.9. The third kappa shape index (κ3) is 4.07. The molecule has 96 valence electrons. The van der Waals surface area contributed by atoms with Gasteiger partial charge in [0.1, 0.15) is 0 Å². The average Bonchev–Trinajstić information content (AvgIpc) is 2.36. The Kier molecular flexibility index (Phi) is 6.75. The molecule has 0 aromatic carbocycles. The lowest BCUT2D eigenvalue weighted by Gasteiger charge is -2.26. The van der Waals surface area contributed by atoms with Crippen LogP contribution in [0.5, 0.6) is 0 Å². The van der Waals surface area contributed by atoms with E-state index in [1.807, 2.05) is 12.3 Å². The van der Waals surface area contributed by atoms with Gasteiger partial charge in [-0.15, -0.1) is 0 Å². The highest BCUT2D eigenvalue weighted by Gasteiger charge is 2.22. The number of aromatic nitrogens is 1. The van der Waals surface area contributed by atoms with Crippen LogP contribution in [0.25, 0.3) is 0 Å². The van der Waals surface area contributed by atoms with Crippen LogP contribution < -0.4 is 5.32 Å². The highest BCUT2D eigenvalue weighted by molar-refractivity contribution is 9.10. The summed E-state index contributed by atoms with van der Waals surface area (Å²) in [6, 6.07) is 4.41. The van der Waals surface area contributed by atoms with E-state index < -0.39 is 0 Å². The Hall–Kier alpha value is -0.410. The zero-order chi connectivity index (χ0) is 12.7. The van der Waals surface area contributed by atoms with E-state index in [1.165, 1.54) is 12.8 Å². The van der Waals surface area contributed by atoms with Crippen LogP contribution in [0.4, 0.5) is 0 Å². The van der Waals surface area contributed by atoms with Gasteiger partial charge in [-0.1, -0.05) is 33.6 Å². The predicted octanol–water partition coefficient (Wildman–Crippen LogP) is 4.32. The van der Waals surface area contributed by atoms with E-state index in [9.17, 15) is 0 Å². The standard InChI is InChI=1S/C14H23BrN2/c1-4-9-16-13(11(5-2)6-3)14-12(15)8-7-10-17-14/h7-8,10-11,13,16H,4-6,9H2,1-3H3. The Bertz CT molecular complexity index is 324. The molecule has 1 heterocycles. The van der Waals surface area contributed by atoms with Gasteiger partial charge >= 0.3 is 0 Å². The molecule has 0 spiro atoms. The van der Waals surface area contributed by atoms with Crippen molar-refractivity contribution in [1.82, 2.24) is 10.3 Å². The van der Waals surface area contributed by atoms with Gasteiger partial charge in [-0.05, 0) is 46.9 Å². The number of rotatable bonds is 7. The molecule has 0 aliphatic heterocycles. The number of pyridine rings is 1. The molecule has 1 unspecified atom stereocenters. The van der Waals surface area contributed by atoms with E-state index in [-0.39, 0.29) is 0 Å². The second-order valence-electron chi connectivity index (χ2n) is 4.38. The van der Waals surface area contributed by atoms with E-state index >= 15 is 0 Å². The van der Waals surface area contributed by atoms with Crippen molar-refractivity contribution in [3.05, 3.63) is 28.5 Å². The summed E-state index contributed by atoms with van der Waals surface area (Å²) in [5.74, 6) is 0.646. The number of hydrogen-bond donors (Lipinski definition) is 1. The SMILES string of the molecule is CCCNC(c1ncccc1Br)C(CC)CC. The second kappa shape index (κ2) is 7.83. The first-order chi connectivity index (χ1) is 8.24. The minimum absolute atomic E-state index is 0.362. The van der Waals surface area contributed by atoms with Crippen molar-refractivity contribution < 1.29 is 0 Å². The van der Waals surface area contributed by atoms with Gasteiger partial charge in [0.15, 0.2) is 0 Å². The summed E-state index contributed by atoms with van der Waals surface area (Å²) in [5, 5.41) is 3.64. The Balaban J connectivity index is 2.92. The van der Waals surface area contributed by atoms with Crippen molar-refractivity contribution in [2.45, 2.75) is 46.1 Å². The first-order valence-corrected chi connectivity index (χ1v) is 7.37. The van der Waals surface area contributed by atoms with Gasteiger partial charge in [-0.25, -0.2) is 0 Å². The van der Waals surface area contributed by atoms with Crippen LogP contribution in [0.2, 0.25) is 0 Å². The summed E-state index contributed by atoms with van der Waals surface area (Å²) in [5.41, 5.74) is 1.15. The monoisotopic (exact) mass is 298 g/mol. The minimum atomic E-state index is 0.362. The summed E-state index contributed by atoms with van der Waals surface area (Å²) in [4.78, 5) is 4.54. The van der Waals surface area contributed by atoms with Gasteiger partial charge < -0.3 is 5.32 Å². The molecule has 1 aromatic heterocycles. The molecule has 17 heavy (non-hydrogen) atoms. The molecule has 0 bridgehead atoms. The first-order valence-electron chi connectivity index (χ1n) is 6.58. The summed E-state index contributed by atoms with van der Waals surface area (Å²) in [6.45, 7) is 7.76. The van der Waals surface area contributed by atoms with E-state index in [1.54, 1.807) is 0 Å². The largest absolute Gasteiger partial charge is 0.308 e. The Morgan fingerprint density at radius 1 is 1.29 bits per heavy atom. The fourth-order valence-electron chi connectivity index (χ4n) is 2.17. The van der Waals surface area contributed by atoms with Crippen LogP contribution >= 0.6 is 15.9 Å². The molecule has 1 rings (SSSR count). The maximum atomic E-state index is 4.54. The van der Waals surface area contributed by atoms with Gasteiger partial charge in [0.2, 0.25) is 0 Å². The number of nitrogens with zero attached hydrogens (tertiary/aromatic N) is 1. The van der Waals surface area contributed by atoms with E-state index in [2.05, 4.69) is 53.1 Å².